The van der Waals surface area contributed by atoms with Gasteiger partial charge in [0.05, 0.1) is 40.9 Å². The monoisotopic (exact) mass is 636 g/mol. The van der Waals surface area contributed by atoms with Crippen molar-refractivity contribution in [1.82, 2.24) is 19.9 Å². The van der Waals surface area contributed by atoms with Crippen LogP contribution in [0.4, 0.5) is 0 Å². The Hall–Kier alpha value is -4.70. The zero-order valence-corrected chi connectivity index (χ0v) is 26.8. The van der Waals surface area contributed by atoms with Crippen LogP contribution in [0, 0.1) is 37.5 Å². The third-order valence-electron chi connectivity index (χ3n) is 6.93. The van der Waals surface area contributed by atoms with Crippen molar-refractivity contribution in [1.29, 1.82) is 0 Å². The lowest BCUT2D eigenvalue weighted by Crippen LogP contribution is -1.76. The molecule has 8 rings (SSSR count). The molecule has 44 heavy (non-hydrogen) atoms. The van der Waals surface area contributed by atoms with Crippen molar-refractivity contribution in [3.8, 4) is 23.7 Å². The van der Waals surface area contributed by atoms with E-state index in [0.29, 0.717) is 0 Å². The molecule has 0 unspecified atom stereocenters. The van der Waals surface area contributed by atoms with Crippen LogP contribution >= 0.6 is 45.3 Å². The minimum absolute atomic E-state index is 0.815. The maximum Gasteiger partial charge on any atom is 0.168 e. The molecule has 0 saturated heterocycles. The minimum Gasteiger partial charge on any atom is -0.237 e. The Morgan fingerprint density at radius 2 is 0.818 bits per heavy atom. The van der Waals surface area contributed by atoms with E-state index >= 15 is 0 Å². The molecule has 4 aromatic heterocycles. The highest BCUT2D eigenvalue weighted by molar-refractivity contribution is 7.21. The highest BCUT2D eigenvalue weighted by Crippen LogP contribution is 2.33. The number of rotatable bonds is 2. The molecule has 0 bridgehead atoms. The zero-order valence-electron chi connectivity index (χ0n) is 23.5. The first-order valence-electron chi connectivity index (χ1n) is 13.8. The van der Waals surface area contributed by atoms with Gasteiger partial charge in [-0.3, -0.25) is 0 Å². The van der Waals surface area contributed by atoms with Crippen molar-refractivity contribution in [2.24, 2.45) is 0 Å². The van der Waals surface area contributed by atoms with E-state index in [1.807, 2.05) is 36.4 Å². The Labute approximate surface area is 269 Å². The highest BCUT2D eigenvalue weighted by atomic mass is 32.1. The van der Waals surface area contributed by atoms with Gasteiger partial charge in [-0.15, -0.1) is 45.3 Å². The van der Waals surface area contributed by atoms with E-state index in [-0.39, 0.29) is 0 Å². The van der Waals surface area contributed by atoms with E-state index < -0.39 is 0 Å². The molecule has 0 spiro atoms. The lowest BCUT2D eigenvalue weighted by Gasteiger charge is -1.90. The van der Waals surface area contributed by atoms with E-state index in [4.69, 9.17) is 19.9 Å². The molecular weight excluding hydrogens is 617 g/mol. The Morgan fingerprint density at radius 3 is 1.23 bits per heavy atom. The van der Waals surface area contributed by atoms with Crippen molar-refractivity contribution in [2.45, 2.75) is 13.8 Å². The molecule has 8 aromatic rings. The van der Waals surface area contributed by atoms with Gasteiger partial charge in [-0.1, -0.05) is 47.2 Å². The van der Waals surface area contributed by atoms with Crippen LogP contribution in [0.5, 0.6) is 0 Å². The Bertz CT molecular complexity index is 2240. The second-order valence-corrected chi connectivity index (χ2v) is 14.5. The number of hydrogen-bond donors (Lipinski definition) is 0. The zero-order chi connectivity index (χ0) is 29.6. The number of nitrogens with zero attached hydrogens (tertiary/aromatic N) is 4. The maximum absolute atomic E-state index is 4.86. The molecule has 4 nitrogen and oxygen atoms in total. The standard InChI is InChI=1S/C36H20N4S4/c1-21-3-7-23(8-4-21)11-13-33-37-25-17-31-27(19-29(25)41-33)39-35(43-31)15-16-36-40-28-20-30-26(18-32(28)44-36)38-34(42-30)14-12-24-9-5-22(2)6-10-24/h3-10,15-20H,1-2H3. The minimum atomic E-state index is 0.815. The predicted octanol–water partition coefficient (Wildman–Crippen LogP) is 9.71. The van der Waals surface area contributed by atoms with E-state index in [1.54, 1.807) is 45.3 Å². The lowest BCUT2D eigenvalue weighted by molar-refractivity contribution is 1.44. The smallest absolute Gasteiger partial charge is 0.168 e. The summed E-state index contributed by atoms with van der Waals surface area (Å²) in [5, 5.41) is 3.51. The number of aryl methyl sites for hydroxylation is 2. The average Bonchev–Trinajstić information content (AvgIpc) is 3.80. The van der Waals surface area contributed by atoms with Crippen LogP contribution in [-0.4, -0.2) is 19.9 Å². The Morgan fingerprint density at radius 1 is 0.455 bits per heavy atom. The van der Waals surface area contributed by atoms with Crippen LogP contribution in [0.15, 0.2) is 72.8 Å². The molecule has 0 radical (unpaired) electrons. The molecule has 8 heteroatoms. The quantitative estimate of drug-likeness (QED) is 0.177. The van der Waals surface area contributed by atoms with Gasteiger partial charge in [-0.25, -0.2) is 19.9 Å². The van der Waals surface area contributed by atoms with E-state index in [0.717, 1.165) is 72.0 Å². The third-order valence-corrected chi connectivity index (χ3v) is 10.8. The molecular formula is C36H20N4S4. The Balaban J connectivity index is 1.01. The van der Waals surface area contributed by atoms with E-state index in [9.17, 15) is 0 Å². The van der Waals surface area contributed by atoms with Gasteiger partial charge in [0.1, 0.15) is 10.0 Å². The van der Waals surface area contributed by atoms with Gasteiger partial charge in [0, 0.05) is 11.1 Å². The van der Waals surface area contributed by atoms with Gasteiger partial charge < -0.3 is 0 Å². The highest BCUT2D eigenvalue weighted by Gasteiger charge is 2.10. The molecule has 0 aliphatic rings. The Kier molecular flexibility index (Phi) is 6.78. The summed E-state index contributed by atoms with van der Waals surface area (Å²) in [6.07, 6.45) is 4.09. The van der Waals surface area contributed by atoms with Gasteiger partial charge in [0.15, 0.2) is 10.0 Å². The number of fused-ring (bicyclic) bond motifs is 4. The second kappa shape index (κ2) is 11.1. The molecule has 0 aliphatic carbocycles. The van der Waals surface area contributed by atoms with E-state index in [2.05, 4.69) is 86.1 Å². The molecule has 208 valence electrons. The van der Waals surface area contributed by atoms with Crippen LogP contribution in [-0.2, 0) is 0 Å². The van der Waals surface area contributed by atoms with Crippen LogP contribution in [0.1, 0.15) is 42.3 Å². The summed E-state index contributed by atoms with van der Waals surface area (Å²) in [4.78, 5) is 19.2. The molecule has 0 atom stereocenters. The van der Waals surface area contributed by atoms with Gasteiger partial charge in [0.25, 0.3) is 0 Å². The lowest BCUT2D eigenvalue weighted by atomic mass is 10.2. The first-order chi connectivity index (χ1) is 21.5. The normalized spacial score (nSPS) is 11.4. The first-order valence-corrected chi connectivity index (χ1v) is 17.1. The maximum atomic E-state index is 4.86. The SMILES string of the molecule is Cc1ccc(C#Cc2nc3cc4sc(C=Cc5nc6cc7sc(C#Cc8ccc(C)cc8)nc7cc6s5)nc4cc3s2)cc1. The molecule has 0 fully saturated rings. The average molecular weight is 637 g/mol. The van der Waals surface area contributed by atoms with Crippen molar-refractivity contribution in [3.63, 3.8) is 0 Å². The molecule has 4 aromatic carbocycles. The van der Waals surface area contributed by atoms with Crippen molar-refractivity contribution in [3.05, 3.63) is 115 Å². The number of thiazole rings is 4. The summed E-state index contributed by atoms with van der Waals surface area (Å²) in [6, 6.07) is 24.9. The summed E-state index contributed by atoms with van der Waals surface area (Å²) in [7, 11) is 0. The summed E-state index contributed by atoms with van der Waals surface area (Å²) in [6.45, 7) is 4.15. The van der Waals surface area contributed by atoms with Crippen LogP contribution in [0.2, 0.25) is 0 Å². The fraction of sp³-hybridized carbons (Fsp3) is 0.0556. The first kappa shape index (κ1) is 26.9. The molecule has 0 saturated carbocycles. The fourth-order valence-electron chi connectivity index (χ4n) is 4.65. The predicted molar refractivity (Wildman–Crippen MR) is 189 cm³/mol. The van der Waals surface area contributed by atoms with Gasteiger partial charge in [0.2, 0.25) is 0 Å². The van der Waals surface area contributed by atoms with Gasteiger partial charge >= 0.3 is 0 Å². The summed E-state index contributed by atoms with van der Waals surface area (Å²) in [5.74, 6) is 12.9. The topological polar surface area (TPSA) is 51.6 Å². The third kappa shape index (κ3) is 5.53. The van der Waals surface area contributed by atoms with Crippen molar-refractivity contribution in [2.75, 3.05) is 0 Å². The number of hydrogen-bond acceptors (Lipinski definition) is 8. The molecule has 0 aliphatic heterocycles. The largest absolute Gasteiger partial charge is 0.237 e. The van der Waals surface area contributed by atoms with Gasteiger partial charge in [-0.05, 0) is 86.4 Å². The fourth-order valence-corrected chi connectivity index (χ4v) is 8.09. The van der Waals surface area contributed by atoms with Crippen LogP contribution < -0.4 is 0 Å². The van der Waals surface area contributed by atoms with Crippen molar-refractivity contribution >= 4 is 98.4 Å². The summed E-state index contributed by atoms with van der Waals surface area (Å²) < 4.78 is 4.40. The number of aromatic nitrogens is 4. The van der Waals surface area contributed by atoms with Crippen LogP contribution in [0.3, 0.4) is 0 Å². The summed E-state index contributed by atoms with van der Waals surface area (Å²) in [5.41, 5.74) is 8.30. The van der Waals surface area contributed by atoms with Crippen molar-refractivity contribution < 1.29 is 0 Å². The number of benzene rings is 4. The second-order valence-electron chi connectivity index (χ2n) is 10.3. The summed E-state index contributed by atoms with van der Waals surface area (Å²) >= 11 is 6.51. The van der Waals surface area contributed by atoms with E-state index in [1.165, 1.54) is 11.1 Å². The van der Waals surface area contributed by atoms with Crippen LogP contribution in [0.25, 0.3) is 53.0 Å². The molecule has 0 amide bonds. The molecule has 0 N–H and O–H groups in total. The van der Waals surface area contributed by atoms with Gasteiger partial charge in [-0.2, -0.15) is 0 Å². The molecule has 4 heterocycles.